The van der Waals surface area contributed by atoms with Gasteiger partial charge in [-0.05, 0) is 58.0 Å². The third kappa shape index (κ3) is 4.08. The van der Waals surface area contributed by atoms with E-state index in [4.69, 9.17) is 4.42 Å². The summed E-state index contributed by atoms with van der Waals surface area (Å²) in [7, 11) is 4.10. The van der Waals surface area contributed by atoms with Crippen LogP contribution in [0.3, 0.4) is 0 Å². The Bertz CT molecular complexity index is 1010. The molecule has 0 aliphatic carbocycles. The molecule has 0 saturated carbocycles. The number of benzene rings is 1. The van der Waals surface area contributed by atoms with Crippen molar-refractivity contribution in [3.8, 4) is 0 Å². The molecule has 1 N–H and O–H groups in total. The van der Waals surface area contributed by atoms with E-state index in [1.807, 2.05) is 4.90 Å². The van der Waals surface area contributed by atoms with Crippen LogP contribution in [0, 0.1) is 13.8 Å². The first kappa shape index (κ1) is 19.7. The Morgan fingerprint density at radius 1 is 1.28 bits per heavy atom. The first-order valence-electron chi connectivity index (χ1n) is 10.4. The van der Waals surface area contributed by atoms with Gasteiger partial charge in [-0.3, -0.25) is 9.89 Å². The van der Waals surface area contributed by atoms with E-state index in [0.29, 0.717) is 12.3 Å². The summed E-state index contributed by atoms with van der Waals surface area (Å²) in [5, 5.41) is 8.70. The number of aromatic nitrogens is 2. The molecule has 3 heterocycles. The van der Waals surface area contributed by atoms with Crippen LogP contribution in [0.2, 0.25) is 0 Å². The number of hydrogen-bond donors (Lipinski definition) is 1. The summed E-state index contributed by atoms with van der Waals surface area (Å²) < 4.78 is 5.77. The molecule has 4 rings (SSSR count). The maximum absolute atomic E-state index is 12.9. The van der Waals surface area contributed by atoms with Crippen LogP contribution in [0.1, 0.15) is 46.8 Å². The summed E-state index contributed by atoms with van der Waals surface area (Å²) in [5.41, 5.74) is 6.50. The van der Waals surface area contributed by atoms with Gasteiger partial charge in [-0.2, -0.15) is 5.10 Å². The first-order valence-corrected chi connectivity index (χ1v) is 10.4. The lowest BCUT2D eigenvalue weighted by Crippen LogP contribution is -2.38. The van der Waals surface area contributed by atoms with Crippen molar-refractivity contribution < 1.29 is 9.21 Å². The third-order valence-electron chi connectivity index (χ3n) is 6.09. The second kappa shape index (κ2) is 8.03. The molecule has 2 aromatic heterocycles. The molecule has 6 heteroatoms. The van der Waals surface area contributed by atoms with E-state index in [-0.39, 0.29) is 5.91 Å². The highest BCUT2D eigenvalue weighted by molar-refractivity contribution is 5.89. The Balaban J connectivity index is 1.37. The van der Waals surface area contributed by atoms with E-state index in [9.17, 15) is 4.79 Å². The van der Waals surface area contributed by atoms with Gasteiger partial charge in [-0.1, -0.05) is 12.1 Å². The molecule has 1 aliphatic rings. The van der Waals surface area contributed by atoms with Crippen LogP contribution in [-0.4, -0.2) is 53.1 Å². The number of nitrogens with one attached hydrogen (secondary N) is 1. The molecule has 0 spiro atoms. The van der Waals surface area contributed by atoms with Crippen molar-refractivity contribution in [2.75, 3.05) is 27.2 Å². The van der Waals surface area contributed by atoms with Crippen molar-refractivity contribution >= 4 is 16.9 Å². The van der Waals surface area contributed by atoms with Gasteiger partial charge in [0, 0.05) is 42.2 Å². The van der Waals surface area contributed by atoms with E-state index in [2.05, 4.69) is 61.2 Å². The molecule has 0 atom stereocenters. The zero-order valence-corrected chi connectivity index (χ0v) is 17.8. The Kier molecular flexibility index (Phi) is 5.46. The first-order chi connectivity index (χ1) is 13.9. The molecule has 0 bridgehead atoms. The number of fused-ring (bicyclic) bond motifs is 1. The maximum atomic E-state index is 12.9. The number of furan rings is 1. The summed E-state index contributed by atoms with van der Waals surface area (Å²) in [5.74, 6) is 0.603. The fraction of sp³-hybridized carbons (Fsp3) is 0.478. The molecule has 1 aliphatic heterocycles. The van der Waals surface area contributed by atoms with Crippen molar-refractivity contribution in [3.63, 3.8) is 0 Å². The van der Waals surface area contributed by atoms with Gasteiger partial charge >= 0.3 is 0 Å². The molecular weight excluding hydrogens is 364 g/mol. The van der Waals surface area contributed by atoms with E-state index < -0.39 is 0 Å². The number of rotatable bonds is 5. The van der Waals surface area contributed by atoms with Gasteiger partial charge in [0.2, 0.25) is 5.91 Å². The molecule has 0 radical (unpaired) electrons. The average molecular weight is 395 g/mol. The monoisotopic (exact) mass is 394 g/mol. The second-order valence-corrected chi connectivity index (χ2v) is 8.53. The molecule has 154 valence electrons. The zero-order chi connectivity index (χ0) is 20.5. The number of hydrogen-bond acceptors (Lipinski definition) is 4. The van der Waals surface area contributed by atoms with E-state index in [1.165, 1.54) is 5.56 Å². The Labute approximate surface area is 171 Å². The number of carbonyl (C=O) groups is 1. The number of amides is 1. The third-order valence-corrected chi connectivity index (χ3v) is 6.09. The minimum atomic E-state index is 0.180. The predicted molar refractivity (Wildman–Crippen MR) is 114 cm³/mol. The highest BCUT2D eigenvalue weighted by Crippen LogP contribution is 2.29. The van der Waals surface area contributed by atoms with Gasteiger partial charge in [0.05, 0.1) is 18.4 Å². The lowest BCUT2D eigenvalue weighted by atomic mass is 9.93. The lowest BCUT2D eigenvalue weighted by molar-refractivity contribution is -0.131. The van der Waals surface area contributed by atoms with Crippen LogP contribution in [0.25, 0.3) is 11.0 Å². The lowest BCUT2D eigenvalue weighted by Gasteiger charge is -2.31. The van der Waals surface area contributed by atoms with Gasteiger partial charge in [0.25, 0.3) is 0 Å². The van der Waals surface area contributed by atoms with Crippen LogP contribution in [0.4, 0.5) is 0 Å². The second-order valence-electron chi connectivity index (χ2n) is 8.53. The molecular formula is C23H30N4O2. The van der Waals surface area contributed by atoms with Crippen LogP contribution in [-0.2, 0) is 17.8 Å². The Hall–Kier alpha value is -2.60. The fourth-order valence-corrected chi connectivity index (χ4v) is 4.23. The van der Waals surface area contributed by atoms with E-state index in [0.717, 1.165) is 66.0 Å². The number of carbonyl (C=O) groups excluding carboxylic acids is 1. The van der Waals surface area contributed by atoms with Crippen molar-refractivity contribution in [1.29, 1.82) is 0 Å². The molecule has 3 aromatic rings. The quantitative estimate of drug-likeness (QED) is 0.715. The van der Waals surface area contributed by atoms with E-state index in [1.54, 1.807) is 6.26 Å². The van der Waals surface area contributed by atoms with Crippen molar-refractivity contribution in [1.82, 2.24) is 20.0 Å². The van der Waals surface area contributed by atoms with Gasteiger partial charge in [0.15, 0.2) is 0 Å². The molecule has 1 saturated heterocycles. The number of nitrogens with zero attached hydrogens (tertiary/aromatic N) is 3. The molecule has 6 nitrogen and oxygen atoms in total. The minimum absolute atomic E-state index is 0.180. The topological polar surface area (TPSA) is 65.4 Å². The normalized spacial score (nSPS) is 15.6. The number of piperidine rings is 1. The average Bonchev–Trinajstić information content (AvgIpc) is 3.32. The Morgan fingerprint density at radius 2 is 2.03 bits per heavy atom. The van der Waals surface area contributed by atoms with Crippen molar-refractivity contribution in [2.24, 2.45) is 0 Å². The fourth-order valence-electron chi connectivity index (χ4n) is 4.23. The molecule has 29 heavy (non-hydrogen) atoms. The van der Waals surface area contributed by atoms with Gasteiger partial charge < -0.3 is 14.2 Å². The number of aryl methyl sites for hydroxylation is 2. The van der Waals surface area contributed by atoms with Gasteiger partial charge in [-0.25, -0.2) is 0 Å². The van der Waals surface area contributed by atoms with Crippen molar-refractivity contribution in [2.45, 2.75) is 45.6 Å². The van der Waals surface area contributed by atoms with Crippen LogP contribution in [0.5, 0.6) is 0 Å². The molecule has 1 fully saturated rings. The Morgan fingerprint density at radius 3 is 2.76 bits per heavy atom. The number of H-pyrrole nitrogens is 1. The standard InChI is InChI=1S/C23H30N4O2/c1-15-5-6-20-18(14-29-23(20)16(15)2)11-22(28)27-9-7-17(8-10-27)21-12-19(24-25-21)13-26(3)4/h5-6,12,14,17H,7-11,13H2,1-4H3,(H,24,25). The SMILES string of the molecule is Cc1ccc2c(CC(=O)N3CCC(c4cc(CN(C)C)[nH]n4)CC3)coc2c1C. The summed E-state index contributed by atoms with van der Waals surface area (Å²) in [6, 6.07) is 6.34. The van der Waals surface area contributed by atoms with Crippen LogP contribution >= 0.6 is 0 Å². The summed E-state index contributed by atoms with van der Waals surface area (Å²) in [6.07, 6.45) is 4.07. The summed E-state index contributed by atoms with van der Waals surface area (Å²) >= 11 is 0. The van der Waals surface area contributed by atoms with E-state index >= 15 is 0 Å². The highest BCUT2D eigenvalue weighted by Gasteiger charge is 2.26. The number of likely N-dealkylation sites (tertiary alicyclic amines) is 1. The summed E-state index contributed by atoms with van der Waals surface area (Å²) in [4.78, 5) is 17.0. The predicted octanol–water partition coefficient (Wildman–Crippen LogP) is 3.78. The molecule has 1 aromatic carbocycles. The minimum Gasteiger partial charge on any atom is -0.464 e. The molecule has 1 amide bonds. The summed E-state index contributed by atoms with van der Waals surface area (Å²) in [6.45, 7) is 6.58. The smallest absolute Gasteiger partial charge is 0.227 e. The highest BCUT2D eigenvalue weighted by atomic mass is 16.3. The zero-order valence-electron chi connectivity index (χ0n) is 17.8. The maximum Gasteiger partial charge on any atom is 0.227 e. The van der Waals surface area contributed by atoms with Crippen molar-refractivity contribution in [3.05, 3.63) is 52.5 Å². The number of aromatic amines is 1. The molecule has 0 unspecified atom stereocenters. The van der Waals surface area contributed by atoms with Gasteiger partial charge in [-0.15, -0.1) is 0 Å². The van der Waals surface area contributed by atoms with Gasteiger partial charge in [0.1, 0.15) is 5.58 Å². The largest absolute Gasteiger partial charge is 0.464 e. The van der Waals surface area contributed by atoms with Crippen LogP contribution in [0.15, 0.2) is 28.9 Å². The van der Waals surface area contributed by atoms with Crippen LogP contribution < -0.4 is 0 Å².